The first-order chi connectivity index (χ1) is 10.1. The summed E-state index contributed by atoms with van der Waals surface area (Å²) < 4.78 is 5.39. The van der Waals surface area contributed by atoms with Crippen molar-refractivity contribution in [3.8, 4) is 0 Å². The molecule has 1 aliphatic heterocycles. The van der Waals surface area contributed by atoms with Gasteiger partial charge in [0.25, 0.3) is 0 Å². The number of benzene rings is 1. The third-order valence-electron chi connectivity index (χ3n) is 3.77. The number of nitrogens with zero attached hydrogens (tertiary/aromatic N) is 1. The zero-order valence-electron chi connectivity index (χ0n) is 12.8. The quantitative estimate of drug-likeness (QED) is 0.616. The van der Waals surface area contributed by atoms with Crippen LogP contribution in [0.1, 0.15) is 51.2 Å². The maximum Gasteiger partial charge on any atom is 0.313 e. The fourth-order valence-electron chi connectivity index (χ4n) is 2.76. The number of carbonyl (C=O) groups is 2. The largest absolute Gasteiger partial charge is 0.457 e. The van der Waals surface area contributed by atoms with Gasteiger partial charge in [0.2, 0.25) is 0 Å². The van der Waals surface area contributed by atoms with E-state index in [9.17, 15) is 9.59 Å². The third kappa shape index (κ3) is 4.31. The lowest BCUT2D eigenvalue weighted by atomic mass is 10.0. The van der Waals surface area contributed by atoms with Gasteiger partial charge < -0.3 is 9.64 Å². The molecule has 1 aromatic rings. The fourth-order valence-corrected chi connectivity index (χ4v) is 2.76. The van der Waals surface area contributed by atoms with Gasteiger partial charge in [0.1, 0.15) is 18.3 Å². The molecular formula is C17H23NO3. The van der Waals surface area contributed by atoms with Crippen LogP contribution >= 0.6 is 0 Å². The van der Waals surface area contributed by atoms with Crippen LogP contribution in [0.5, 0.6) is 0 Å². The van der Waals surface area contributed by atoms with Crippen molar-refractivity contribution in [1.82, 2.24) is 0 Å². The van der Waals surface area contributed by atoms with E-state index in [2.05, 4.69) is 11.0 Å². The van der Waals surface area contributed by atoms with E-state index in [0.29, 0.717) is 0 Å². The lowest BCUT2D eigenvalue weighted by Gasteiger charge is -2.31. The number of ether oxygens (including phenoxy) is 1. The van der Waals surface area contributed by atoms with Crippen molar-refractivity contribution in [3.63, 3.8) is 0 Å². The van der Waals surface area contributed by atoms with Gasteiger partial charge in [-0.05, 0) is 39.2 Å². The van der Waals surface area contributed by atoms with E-state index >= 15 is 0 Å². The minimum Gasteiger partial charge on any atom is -0.457 e. The van der Waals surface area contributed by atoms with E-state index in [1.54, 1.807) is 0 Å². The summed E-state index contributed by atoms with van der Waals surface area (Å²) in [6.07, 6.45) is 3.19. The molecule has 1 aromatic carbocycles. The van der Waals surface area contributed by atoms with Crippen molar-refractivity contribution in [3.05, 3.63) is 29.8 Å². The molecule has 0 bridgehead atoms. The molecule has 114 valence electrons. The summed E-state index contributed by atoms with van der Waals surface area (Å²) in [6, 6.07) is 8.04. The number of anilines is 1. The molecule has 21 heavy (non-hydrogen) atoms. The SMILES string of the molecule is CC(=O)CC(=O)OC(C)c1ccccc1N1CCCCC1. The Kier molecular flexibility index (Phi) is 5.37. The summed E-state index contributed by atoms with van der Waals surface area (Å²) in [7, 11) is 0. The smallest absolute Gasteiger partial charge is 0.313 e. The fraction of sp³-hybridized carbons (Fsp3) is 0.529. The first kappa shape index (κ1) is 15.5. The molecule has 1 atom stereocenters. The van der Waals surface area contributed by atoms with Crippen LogP contribution in [0.25, 0.3) is 0 Å². The van der Waals surface area contributed by atoms with Crippen molar-refractivity contribution in [2.75, 3.05) is 18.0 Å². The molecule has 0 aliphatic carbocycles. The molecule has 0 amide bonds. The maximum absolute atomic E-state index is 11.7. The maximum atomic E-state index is 11.7. The first-order valence-corrected chi connectivity index (χ1v) is 7.60. The van der Waals surface area contributed by atoms with Gasteiger partial charge in [-0.25, -0.2) is 0 Å². The Balaban J connectivity index is 2.11. The molecule has 1 saturated heterocycles. The standard InChI is InChI=1S/C17H23NO3/c1-13(19)12-17(20)21-14(2)15-8-4-5-9-16(15)18-10-6-3-7-11-18/h4-5,8-9,14H,3,6-7,10-12H2,1-2H3. The number of ketones is 1. The van der Waals surface area contributed by atoms with Crippen LogP contribution in [0, 0.1) is 0 Å². The molecule has 0 aromatic heterocycles. The van der Waals surface area contributed by atoms with Gasteiger partial charge >= 0.3 is 5.97 Å². The zero-order valence-corrected chi connectivity index (χ0v) is 12.8. The van der Waals surface area contributed by atoms with Gasteiger partial charge in [-0.2, -0.15) is 0 Å². The molecule has 4 nitrogen and oxygen atoms in total. The van der Waals surface area contributed by atoms with Gasteiger partial charge in [0.05, 0.1) is 0 Å². The van der Waals surface area contributed by atoms with Gasteiger partial charge in [-0.15, -0.1) is 0 Å². The van der Waals surface area contributed by atoms with E-state index < -0.39 is 5.97 Å². The van der Waals surface area contributed by atoms with Crippen LogP contribution in [0.15, 0.2) is 24.3 Å². The highest BCUT2D eigenvalue weighted by Gasteiger charge is 2.20. The predicted octanol–water partition coefficient (Wildman–Crippen LogP) is 3.26. The molecule has 1 fully saturated rings. The number of Topliss-reactive ketones (excluding diaryl/α,β-unsaturated/α-hetero) is 1. The Bertz CT molecular complexity index is 507. The minimum absolute atomic E-state index is 0.157. The molecule has 0 spiro atoms. The summed E-state index contributed by atoms with van der Waals surface area (Å²) in [5, 5.41) is 0. The van der Waals surface area contributed by atoms with Crippen LogP contribution in [-0.4, -0.2) is 24.8 Å². The minimum atomic E-state index is -0.455. The Morgan fingerprint density at radius 1 is 1.19 bits per heavy atom. The molecule has 1 heterocycles. The second kappa shape index (κ2) is 7.25. The van der Waals surface area contributed by atoms with Crippen LogP contribution in [0.4, 0.5) is 5.69 Å². The monoisotopic (exact) mass is 289 g/mol. The van der Waals surface area contributed by atoms with Crippen molar-refractivity contribution < 1.29 is 14.3 Å². The summed E-state index contributed by atoms with van der Waals surface area (Å²) in [6.45, 7) is 5.35. The van der Waals surface area contributed by atoms with E-state index in [-0.39, 0.29) is 18.3 Å². The van der Waals surface area contributed by atoms with Gasteiger partial charge in [-0.1, -0.05) is 18.2 Å². The van der Waals surface area contributed by atoms with Crippen molar-refractivity contribution in [1.29, 1.82) is 0 Å². The van der Waals surface area contributed by atoms with Gasteiger partial charge in [0, 0.05) is 24.3 Å². The Morgan fingerprint density at radius 2 is 1.86 bits per heavy atom. The number of carbonyl (C=O) groups excluding carboxylic acids is 2. The normalized spacial score (nSPS) is 16.4. The molecular weight excluding hydrogens is 266 g/mol. The van der Waals surface area contributed by atoms with E-state index in [1.807, 2.05) is 25.1 Å². The van der Waals surface area contributed by atoms with Crippen molar-refractivity contribution in [2.45, 2.75) is 45.6 Å². The van der Waals surface area contributed by atoms with E-state index in [1.165, 1.54) is 26.2 Å². The van der Waals surface area contributed by atoms with Crippen molar-refractivity contribution >= 4 is 17.4 Å². The number of para-hydroxylation sites is 1. The number of hydrogen-bond acceptors (Lipinski definition) is 4. The summed E-state index contributed by atoms with van der Waals surface area (Å²) in [5.74, 6) is -0.625. The Labute approximate surface area is 126 Å². The average Bonchev–Trinajstić information content (AvgIpc) is 2.47. The topological polar surface area (TPSA) is 46.6 Å². The van der Waals surface area contributed by atoms with E-state index in [4.69, 9.17) is 4.74 Å². The molecule has 1 unspecified atom stereocenters. The predicted molar refractivity (Wildman–Crippen MR) is 82.3 cm³/mol. The number of esters is 1. The summed E-state index contributed by atoms with van der Waals surface area (Å²) >= 11 is 0. The van der Waals surface area contributed by atoms with Crippen LogP contribution in [-0.2, 0) is 14.3 Å². The molecule has 1 aliphatic rings. The Hall–Kier alpha value is -1.84. The van der Waals surface area contributed by atoms with Crippen LogP contribution < -0.4 is 4.90 Å². The second-order valence-electron chi connectivity index (χ2n) is 5.62. The number of rotatable bonds is 5. The molecule has 0 radical (unpaired) electrons. The van der Waals surface area contributed by atoms with Crippen molar-refractivity contribution in [2.24, 2.45) is 0 Å². The molecule has 0 saturated carbocycles. The molecule has 2 rings (SSSR count). The summed E-state index contributed by atoms with van der Waals surface area (Å²) in [5.41, 5.74) is 2.15. The van der Waals surface area contributed by atoms with Crippen LogP contribution in [0.2, 0.25) is 0 Å². The number of hydrogen-bond donors (Lipinski definition) is 0. The highest BCUT2D eigenvalue weighted by molar-refractivity contribution is 5.94. The highest BCUT2D eigenvalue weighted by Crippen LogP contribution is 2.30. The first-order valence-electron chi connectivity index (χ1n) is 7.60. The average molecular weight is 289 g/mol. The lowest BCUT2D eigenvalue weighted by Crippen LogP contribution is -2.30. The van der Waals surface area contributed by atoms with Crippen LogP contribution in [0.3, 0.4) is 0 Å². The van der Waals surface area contributed by atoms with Gasteiger partial charge in [0.15, 0.2) is 0 Å². The zero-order chi connectivity index (χ0) is 15.2. The highest BCUT2D eigenvalue weighted by atomic mass is 16.5. The molecule has 4 heteroatoms. The number of piperidine rings is 1. The lowest BCUT2D eigenvalue weighted by molar-refractivity contribution is -0.150. The Morgan fingerprint density at radius 3 is 2.52 bits per heavy atom. The third-order valence-corrected chi connectivity index (χ3v) is 3.77. The summed E-state index contributed by atoms with van der Waals surface area (Å²) in [4.78, 5) is 25.0. The molecule has 0 N–H and O–H groups in total. The van der Waals surface area contributed by atoms with Gasteiger partial charge in [-0.3, -0.25) is 9.59 Å². The second-order valence-corrected chi connectivity index (χ2v) is 5.62. The van der Waals surface area contributed by atoms with E-state index in [0.717, 1.165) is 24.3 Å².